The Balaban J connectivity index is 1.91. The minimum Gasteiger partial charge on any atom is -0.493 e. The minimum absolute atomic E-state index is 0.102. The number of rotatable bonds is 9. The lowest BCUT2D eigenvalue weighted by Crippen LogP contribution is -2.38. The Kier molecular flexibility index (Phi) is 9.11. The van der Waals surface area contributed by atoms with Crippen LogP contribution in [-0.2, 0) is 11.3 Å². The van der Waals surface area contributed by atoms with Crippen molar-refractivity contribution >= 4 is 23.3 Å². The Bertz CT molecular complexity index is 847. The van der Waals surface area contributed by atoms with Crippen LogP contribution in [0.1, 0.15) is 59.7 Å². The van der Waals surface area contributed by atoms with Crippen LogP contribution in [-0.4, -0.2) is 37.2 Å². The molecule has 2 rings (SSSR count). The Hall–Kier alpha value is -2.61. The molecule has 2 aromatic rings. The maximum absolute atomic E-state index is 12.0. The molecule has 30 heavy (non-hydrogen) atoms. The smallest absolute Gasteiger partial charge is 0.350 e. The number of aliphatic imine (C=N–C) groups is 1. The van der Waals surface area contributed by atoms with E-state index in [-0.39, 0.29) is 12.0 Å². The molecule has 0 aliphatic rings. The molecule has 8 heteroatoms. The Morgan fingerprint density at radius 1 is 1.23 bits per heavy atom. The van der Waals surface area contributed by atoms with E-state index in [2.05, 4.69) is 34.5 Å². The number of benzene rings is 1. The van der Waals surface area contributed by atoms with Crippen LogP contribution < -0.4 is 15.4 Å². The molecule has 0 amide bonds. The van der Waals surface area contributed by atoms with Gasteiger partial charge in [-0.15, -0.1) is 11.3 Å². The monoisotopic (exact) mass is 432 g/mol. The van der Waals surface area contributed by atoms with Gasteiger partial charge in [0.15, 0.2) is 5.96 Å². The summed E-state index contributed by atoms with van der Waals surface area (Å²) in [4.78, 5) is 21.4. The molecule has 1 heterocycles. The molecule has 1 aromatic carbocycles. The number of ether oxygens (including phenoxy) is 2. The summed E-state index contributed by atoms with van der Waals surface area (Å²) >= 11 is 1.35. The highest BCUT2D eigenvalue weighted by Crippen LogP contribution is 2.24. The van der Waals surface area contributed by atoms with Gasteiger partial charge in [-0.05, 0) is 44.4 Å². The Morgan fingerprint density at radius 2 is 1.93 bits per heavy atom. The average Bonchev–Trinajstić information content (AvgIpc) is 3.12. The van der Waals surface area contributed by atoms with E-state index in [0.717, 1.165) is 16.3 Å². The van der Waals surface area contributed by atoms with E-state index in [1.54, 1.807) is 14.0 Å². The largest absolute Gasteiger partial charge is 0.493 e. The zero-order valence-electron chi connectivity index (χ0n) is 18.6. The molecular formula is C22H32N4O3S. The predicted molar refractivity (Wildman–Crippen MR) is 121 cm³/mol. The van der Waals surface area contributed by atoms with Crippen LogP contribution in [0, 0.1) is 12.8 Å². The van der Waals surface area contributed by atoms with Crippen LogP contribution in [0.15, 0.2) is 29.3 Å². The highest BCUT2D eigenvalue weighted by Gasteiger charge is 2.20. The quantitative estimate of drug-likeness (QED) is 0.353. The summed E-state index contributed by atoms with van der Waals surface area (Å²) in [6.07, 6.45) is 0. The van der Waals surface area contributed by atoms with Gasteiger partial charge in [-0.1, -0.05) is 26.0 Å². The molecule has 1 unspecified atom stereocenters. The minimum atomic E-state index is -0.325. The van der Waals surface area contributed by atoms with Gasteiger partial charge in [0.05, 0.1) is 24.9 Å². The van der Waals surface area contributed by atoms with Crippen molar-refractivity contribution in [3.05, 3.63) is 45.4 Å². The molecule has 0 bridgehead atoms. The summed E-state index contributed by atoms with van der Waals surface area (Å²) in [6.45, 7) is 11.5. The maximum Gasteiger partial charge on any atom is 0.350 e. The zero-order valence-corrected chi connectivity index (χ0v) is 19.4. The first-order valence-corrected chi connectivity index (χ1v) is 11.0. The third-order valence-corrected chi connectivity index (χ3v) is 5.51. The van der Waals surface area contributed by atoms with Crippen LogP contribution in [0.4, 0.5) is 0 Å². The second-order valence-corrected chi connectivity index (χ2v) is 8.36. The van der Waals surface area contributed by atoms with Gasteiger partial charge in [-0.2, -0.15) is 0 Å². The van der Waals surface area contributed by atoms with E-state index < -0.39 is 0 Å². The summed E-state index contributed by atoms with van der Waals surface area (Å²) in [5, 5.41) is 7.43. The Morgan fingerprint density at radius 3 is 2.53 bits per heavy atom. The fourth-order valence-corrected chi connectivity index (χ4v) is 3.57. The number of aromatic nitrogens is 1. The second-order valence-electron chi connectivity index (χ2n) is 7.33. The van der Waals surface area contributed by atoms with Gasteiger partial charge < -0.3 is 20.1 Å². The van der Waals surface area contributed by atoms with E-state index in [1.165, 1.54) is 11.3 Å². The fraction of sp³-hybridized carbons (Fsp3) is 0.500. The topological polar surface area (TPSA) is 84.8 Å². The lowest BCUT2D eigenvalue weighted by molar-refractivity contribution is 0.0531. The third kappa shape index (κ3) is 7.02. The second kappa shape index (κ2) is 11.5. The first kappa shape index (κ1) is 23.7. The van der Waals surface area contributed by atoms with Gasteiger partial charge in [0.25, 0.3) is 0 Å². The number of thiazole rings is 1. The maximum atomic E-state index is 12.0. The third-order valence-electron chi connectivity index (χ3n) is 4.19. The number of carbonyl (C=O) groups excluding carboxylic acids is 1. The molecule has 0 saturated carbocycles. The van der Waals surface area contributed by atoms with Crippen molar-refractivity contribution in [2.45, 2.75) is 47.2 Å². The zero-order chi connectivity index (χ0) is 22.1. The molecule has 0 aliphatic carbocycles. The number of hydrogen-bond acceptors (Lipinski definition) is 6. The number of hydrogen-bond donors (Lipinski definition) is 2. The van der Waals surface area contributed by atoms with Crippen LogP contribution in [0.25, 0.3) is 0 Å². The van der Waals surface area contributed by atoms with Crippen molar-refractivity contribution < 1.29 is 14.3 Å². The van der Waals surface area contributed by atoms with Gasteiger partial charge >= 0.3 is 5.97 Å². The molecule has 0 aliphatic heterocycles. The van der Waals surface area contributed by atoms with E-state index in [1.807, 2.05) is 38.1 Å². The van der Waals surface area contributed by atoms with Crippen molar-refractivity contribution in [2.75, 3.05) is 20.3 Å². The number of nitrogens with one attached hydrogen (secondary N) is 2. The van der Waals surface area contributed by atoms with E-state index in [0.29, 0.717) is 42.2 Å². The molecule has 0 saturated heterocycles. The fourth-order valence-electron chi connectivity index (χ4n) is 2.60. The van der Waals surface area contributed by atoms with Gasteiger partial charge in [-0.3, -0.25) is 4.99 Å². The molecule has 2 N–H and O–H groups in total. The summed E-state index contributed by atoms with van der Waals surface area (Å²) < 4.78 is 10.8. The molecule has 0 spiro atoms. The summed E-state index contributed by atoms with van der Waals surface area (Å²) in [6, 6.07) is 7.93. The highest BCUT2D eigenvalue weighted by atomic mass is 32.1. The lowest BCUT2D eigenvalue weighted by atomic mass is 10.2. The van der Waals surface area contributed by atoms with Crippen LogP contribution in [0.5, 0.6) is 5.75 Å². The van der Waals surface area contributed by atoms with E-state index in [4.69, 9.17) is 9.47 Å². The van der Waals surface area contributed by atoms with E-state index in [9.17, 15) is 4.79 Å². The molecule has 0 fully saturated rings. The normalized spacial score (nSPS) is 12.6. The standard InChI is InChI=1S/C22H32N4O3S/c1-7-28-21(27)19-15(4)25-20(30-19)16(5)26-22(23-6)24-12-17-8-10-18(11-9-17)29-13-14(2)3/h8-11,14,16H,7,12-13H2,1-6H3,(H2,23,24,26). The predicted octanol–water partition coefficient (Wildman–Crippen LogP) is 4.09. The van der Waals surface area contributed by atoms with Crippen molar-refractivity contribution in [3.8, 4) is 5.75 Å². The van der Waals surface area contributed by atoms with Gasteiger partial charge in [0, 0.05) is 13.6 Å². The van der Waals surface area contributed by atoms with Gasteiger partial charge in [0.2, 0.25) is 0 Å². The van der Waals surface area contributed by atoms with Crippen molar-refractivity contribution in [1.82, 2.24) is 15.6 Å². The molecular weight excluding hydrogens is 400 g/mol. The first-order valence-electron chi connectivity index (χ1n) is 10.2. The SMILES string of the molecule is CCOC(=O)c1sc(C(C)NC(=NC)NCc2ccc(OCC(C)C)cc2)nc1C. The average molecular weight is 433 g/mol. The highest BCUT2D eigenvalue weighted by molar-refractivity contribution is 7.13. The number of carbonyl (C=O) groups is 1. The number of aryl methyl sites for hydroxylation is 1. The number of guanidine groups is 1. The van der Waals surface area contributed by atoms with Crippen LogP contribution >= 0.6 is 11.3 Å². The summed E-state index contributed by atoms with van der Waals surface area (Å²) in [5.74, 6) is 1.71. The molecule has 1 atom stereocenters. The molecule has 164 valence electrons. The van der Waals surface area contributed by atoms with Crippen LogP contribution in [0.3, 0.4) is 0 Å². The van der Waals surface area contributed by atoms with Gasteiger partial charge in [-0.25, -0.2) is 9.78 Å². The van der Waals surface area contributed by atoms with Crippen molar-refractivity contribution in [2.24, 2.45) is 10.9 Å². The van der Waals surface area contributed by atoms with Crippen LogP contribution in [0.2, 0.25) is 0 Å². The Labute approximate surface area is 182 Å². The summed E-state index contributed by atoms with van der Waals surface area (Å²) in [5.41, 5.74) is 1.81. The van der Waals surface area contributed by atoms with Crippen molar-refractivity contribution in [1.29, 1.82) is 0 Å². The van der Waals surface area contributed by atoms with E-state index >= 15 is 0 Å². The molecule has 0 radical (unpaired) electrons. The molecule has 1 aromatic heterocycles. The first-order chi connectivity index (χ1) is 14.3. The van der Waals surface area contributed by atoms with Crippen molar-refractivity contribution in [3.63, 3.8) is 0 Å². The lowest BCUT2D eigenvalue weighted by Gasteiger charge is -2.16. The number of nitrogens with zero attached hydrogens (tertiary/aromatic N) is 2. The van der Waals surface area contributed by atoms with Gasteiger partial charge in [0.1, 0.15) is 15.6 Å². The number of esters is 1. The summed E-state index contributed by atoms with van der Waals surface area (Å²) in [7, 11) is 1.72. The molecule has 7 nitrogen and oxygen atoms in total.